The van der Waals surface area contributed by atoms with Gasteiger partial charge >= 0.3 is 6.18 Å². The number of nitrogens with one attached hydrogen (secondary N) is 1. The first-order valence-corrected chi connectivity index (χ1v) is 10.6. The lowest BCUT2D eigenvalue weighted by atomic mass is 10.2. The second-order valence-corrected chi connectivity index (χ2v) is 8.65. The van der Waals surface area contributed by atoms with E-state index in [4.69, 9.17) is 4.42 Å². The molecule has 0 saturated heterocycles. The summed E-state index contributed by atoms with van der Waals surface area (Å²) in [6.07, 6.45) is -0.502. The Morgan fingerprint density at radius 1 is 0.968 bits per heavy atom. The summed E-state index contributed by atoms with van der Waals surface area (Å²) in [5.41, 5.74) is 0.425. The molecule has 0 aliphatic rings. The van der Waals surface area contributed by atoms with Gasteiger partial charge in [-0.25, -0.2) is 13.4 Å². The number of benzene rings is 1. The number of nitrogens with zero attached hydrogens (tertiary/aromatic N) is 2. The molecule has 3 aromatic heterocycles. The highest BCUT2D eigenvalue weighted by molar-refractivity contribution is 7.91. The summed E-state index contributed by atoms with van der Waals surface area (Å²) in [6.45, 7) is 0.903. The average Bonchev–Trinajstić information content (AvgIpc) is 3.16. The number of hydrogen-bond acceptors (Lipinski definition) is 6. The van der Waals surface area contributed by atoms with E-state index in [2.05, 4.69) is 15.3 Å². The van der Waals surface area contributed by atoms with Gasteiger partial charge < -0.3 is 9.73 Å². The Hall–Kier alpha value is -3.24. The molecule has 1 aromatic carbocycles. The van der Waals surface area contributed by atoms with Crippen molar-refractivity contribution in [3.63, 3.8) is 0 Å². The van der Waals surface area contributed by atoms with Crippen LogP contribution in [0.2, 0.25) is 0 Å². The highest BCUT2D eigenvalue weighted by Gasteiger charge is 2.32. The maximum absolute atomic E-state index is 12.9. The molecule has 4 aromatic rings. The molecule has 0 aliphatic carbocycles. The van der Waals surface area contributed by atoms with Crippen molar-refractivity contribution in [3.8, 4) is 0 Å². The van der Waals surface area contributed by atoms with Crippen LogP contribution in [0.3, 0.4) is 0 Å². The fourth-order valence-corrected chi connectivity index (χ4v) is 4.21. The first-order chi connectivity index (χ1) is 14.7. The van der Waals surface area contributed by atoms with E-state index < -0.39 is 26.6 Å². The van der Waals surface area contributed by atoms with E-state index in [1.807, 2.05) is 12.1 Å². The number of aromatic nitrogens is 2. The van der Waals surface area contributed by atoms with E-state index in [0.717, 1.165) is 29.0 Å². The van der Waals surface area contributed by atoms with Gasteiger partial charge in [0.25, 0.3) is 0 Å². The van der Waals surface area contributed by atoms with Gasteiger partial charge in [0.15, 0.2) is 10.6 Å². The lowest BCUT2D eigenvalue weighted by molar-refractivity contribution is -0.137. The predicted octanol–water partition coefficient (Wildman–Crippen LogP) is 4.36. The second kappa shape index (κ2) is 8.12. The maximum Gasteiger partial charge on any atom is 0.416 e. The molecule has 0 unspecified atom stereocenters. The van der Waals surface area contributed by atoms with Crippen molar-refractivity contribution >= 4 is 20.8 Å². The Balaban J connectivity index is 1.43. The molecule has 0 aliphatic heterocycles. The van der Waals surface area contributed by atoms with Gasteiger partial charge in [-0.3, -0.25) is 4.98 Å². The van der Waals surface area contributed by atoms with Gasteiger partial charge in [-0.2, -0.15) is 13.2 Å². The molecular weight excluding hydrogens is 431 g/mol. The van der Waals surface area contributed by atoms with Crippen molar-refractivity contribution in [2.75, 3.05) is 0 Å². The van der Waals surface area contributed by atoms with Gasteiger partial charge in [0.05, 0.1) is 23.2 Å². The summed E-state index contributed by atoms with van der Waals surface area (Å²) in [5, 5.41) is 3.49. The maximum atomic E-state index is 12.9. The topological polar surface area (TPSA) is 85.1 Å². The lowest BCUT2D eigenvalue weighted by Gasteiger charge is -2.09. The normalized spacial score (nSPS) is 12.4. The third-order valence-electron chi connectivity index (χ3n) is 4.57. The van der Waals surface area contributed by atoms with Crippen molar-refractivity contribution in [2.45, 2.75) is 29.2 Å². The number of fused-ring (bicyclic) bond motifs is 1. The van der Waals surface area contributed by atoms with Crippen molar-refractivity contribution in [1.82, 2.24) is 15.3 Å². The number of halogens is 3. The first kappa shape index (κ1) is 21.0. The standard InChI is InChI=1S/C21H16F3N3O3S/c22-21(23,24)16-6-8-27-20(10-16)31(28,29)18-3-1-14(2-4-18)11-26-12-17-9-15-5-7-25-13-19(15)30-17/h1-10,13,26H,11-12H2. The van der Waals surface area contributed by atoms with Crippen molar-refractivity contribution in [2.24, 2.45) is 0 Å². The van der Waals surface area contributed by atoms with Crippen LogP contribution >= 0.6 is 0 Å². The fourth-order valence-electron chi connectivity index (χ4n) is 3.00. The molecule has 31 heavy (non-hydrogen) atoms. The van der Waals surface area contributed by atoms with Crippen LogP contribution in [-0.2, 0) is 29.1 Å². The summed E-state index contributed by atoms with van der Waals surface area (Å²) in [4.78, 5) is 7.48. The van der Waals surface area contributed by atoms with Crippen molar-refractivity contribution < 1.29 is 26.0 Å². The number of hydrogen-bond donors (Lipinski definition) is 1. The lowest BCUT2D eigenvalue weighted by Crippen LogP contribution is -2.12. The highest BCUT2D eigenvalue weighted by atomic mass is 32.2. The average molecular weight is 447 g/mol. The number of alkyl halides is 3. The number of rotatable bonds is 6. The van der Waals surface area contributed by atoms with Crippen LogP contribution in [0.5, 0.6) is 0 Å². The van der Waals surface area contributed by atoms with E-state index in [9.17, 15) is 21.6 Å². The van der Waals surface area contributed by atoms with Gasteiger partial charge in [0.1, 0.15) is 5.76 Å². The Labute approximate surface area is 175 Å². The molecule has 0 spiro atoms. The van der Waals surface area contributed by atoms with Crippen LogP contribution in [0.1, 0.15) is 16.9 Å². The quantitative estimate of drug-likeness (QED) is 0.473. The van der Waals surface area contributed by atoms with Crippen LogP contribution < -0.4 is 5.32 Å². The van der Waals surface area contributed by atoms with Gasteiger partial charge in [0, 0.05) is 24.3 Å². The molecular formula is C21H16F3N3O3S. The SMILES string of the molecule is O=S(=O)(c1ccc(CNCc2cc3ccncc3o2)cc1)c1cc(C(F)(F)F)ccn1. The smallest absolute Gasteiger partial charge is 0.416 e. The van der Waals surface area contributed by atoms with E-state index in [1.165, 1.54) is 12.1 Å². The third-order valence-corrected chi connectivity index (χ3v) is 6.24. The molecule has 10 heteroatoms. The van der Waals surface area contributed by atoms with Crippen LogP contribution in [0, 0.1) is 0 Å². The summed E-state index contributed by atoms with van der Waals surface area (Å²) >= 11 is 0. The third kappa shape index (κ3) is 4.59. The number of pyridine rings is 2. The molecule has 160 valence electrons. The summed E-state index contributed by atoms with van der Waals surface area (Å²) < 4.78 is 69.6. The summed E-state index contributed by atoms with van der Waals surface area (Å²) in [7, 11) is -4.17. The van der Waals surface area contributed by atoms with Gasteiger partial charge in [-0.1, -0.05) is 12.1 Å². The minimum atomic E-state index is -4.65. The molecule has 0 atom stereocenters. The number of sulfone groups is 1. The van der Waals surface area contributed by atoms with Gasteiger partial charge in [-0.05, 0) is 42.0 Å². The molecule has 0 amide bonds. The monoisotopic (exact) mass is 447 g/mol. The van der Waals surface area contributed by atoms with E-state index >= 15 is 0 Å². The van der Waals surface area contributed by atoms with Crippen LogP contribution in [0.15, 0.2) is 81.5 Å². The largest absolute Gasteiger partial charge is 0.458 e. The minimum Gasteiger partial charge on any atom is -0.458 e. The highest BCUT2D eigenvalue weighted by Crippen LogP contribution is 2.31. The molecule has 1 N–H and O–H groups in total. The van der Waals surface area contributed by atoms with Crippen LogP contribution in [0.25, 0.3) is 11.0 Å². The molecule has 0 radical (unpaired) electrons. The van der Waals surface area contributed by atoms with Crippen molar-refractivity contribution in [3.05, 3.63) is 84.0 Å². The number of furan rings is 1. The van der Waals surface area contributed by atoms with E-state index in [1.54, 1.807) is 24.5 Å². The first-order valence-electron chi connectivity index (χ1n) is 9.14. The molecule has 4 rings (SSSR count). The Bertz CT molecular complexity index is 1280. The Kier molecular flexibility index (Phi) is 5.50. The zero-order chi connectivity index (χ0) is 22.1. The Morgan fingerprint density at radius 3 is 2.45 bits per heavy atom. The van der Waals surface area contributed by atoms with Crippen LogP contribution in [0.4, 0.5) is 13.2 Å². The molecule has 0 saturated carbocycles. The van der Waals surface area contributed by atoms with Gasteiger partial charge in [0.2, 0.25) is 9.84 Å². The van der Waals surface area contributed by atoms with Crippen LogP contribution in [-0.4, -0.2) is 18.4 Å². The minimum absolute atomic E-state index is 0.132. The molecule has 0 fully saturated rings. The summed E-state index contributed by atoms with van der Waals surface area (Å²) in [5.74, 6) is 0.734. The Morgan fingerprint density at radius 2 is 1.74 bits per heavy atom. The zero-order valence-corrected chi connectivity index (χ0v) is 16.7. The molecule has 0 bridgehead atoms. The van der Waals surface area contributed by atoms with Gasteiger partial charge in [-0.15, -0.1) is 0 Å². The predicted molar refractivity (Wildman–Crippen MR) is 106 cm³/mol. The summed E-state index contributed by atoms with van der Waals surface area (Å²) in [6, 6.07) is 10.9. The second-order valence-electron chi connectivity index (χ2n) is 6.76. The zero-order valence-electron chi connectivity index (χ0n) is 15.9. The van der Waals surface area contributed by atoms with E-state index in [0.29, 0.717) is 24.7 Å². The van der Waals surface area contributed by atoms with E-state index in [-0.39, 0.29) is 4.90 Å². The van der Waals surface area contributed by atoms with Crippen molar-refractivity contribution in [1.29, 1.82) is 0 Å². The molecule has 6 nitrogen and oxygen atoms in total. The molecule has 3 heterocycles. The fraction of sp³-hybridized carbons (Fsp3) is 0.143.